The topological polar surface area (TPSA) is 81.4 Å². The maximum Gasteiger partial charge on any atom is 0.412 e. The normalized spacial score (nSPS) is 11.5. The van der Waals surface area contributed by atoms with Gasteiger partial charge >= 0.3 is 6.09 Å². The molecule has 0 unspecified atom stereocenters. The van der Waals surface area contributed by atoms with E-state index >= 15 is 0 Å². The summed E-state index contributed by atoms with van der Waals surface area (Å²) in [7, 11) is 0. The number of rotatable bonds is 2. The van der Waals surface area contributed by atoms with Gasteiger partial charge in [0.25, 0.3) is 0 Å². The lowest BCUT2D eigenvalue weighted by Gasteiger charge is -2.19. The third-order valence-electron chi connectivity index (χ3n) is 2.98. The minimum absolute atomic E-state index is 0.211. The van der Waals surface area contributed by atoms with Crippen LogP contribution >= 0.6 is 0 Å². The average Bonchev–Trinajstić information content (AvgIpc) is 2.88. The number of ether oxygens (including phenoxy) is 1. The second kappa shape index (κ2) is 5.88. The van der Waals surface area contributed by atoms with Gasteiger partial charge in [0, 0.05) is 24.1 Å². The molecule has 0 aliphatic heterocycles. The first kappa shape index (κ1) is 15.9. The van der Waals surface area contributed by atoms with Crippen molar-refractivity contribution in [1.82, 2.24) is 19.6 Å². The monoisotopic (exact) mass is 329 g/mol. The van der Waals surface area contributed by atoms with Crippen molar-refractivity contribution in [1.29, 1.82) is 0 Å². The van der Waals surface area contributed by atoms with Crippen LogP contribution in [0.3, 0.4) is 0 Å². The predicted octanol–water partition coefficient (Wildman–Crippen LogP) is 3.28. The van der Waals surface area contributed by atoms with E-state index in [-0.39, 0.29) is 11.4 Å². The Kier molecular flexibility index (Phi) is 3.88. The second-order valence-corrected chi connectivity index (χ2v) is 6.12. The summed E-state index contributed by atoms with van der Waals surface area (Å²) in [6, 6.07) is 6.43. The zero-order valence-corrected chi connectivity index (χ0v) is 13.4. The standard InChI is InChI=1S/C16H16FN5O2/c1-16(2,3)24-15(23)19-10-6-8-22-12(9-10)20-14(21-22)11-5-4-7-18-13(11)17/h4-9H,1-3H3,(H,19,23). The van der Waals surface area contributed by atoms with Gasteiger partial charge in [-0.3, -0.25) is 5.32 Å². The fraction of sp³-hybridized carbons (Fsp3) is 0.250. The van der Waals surface area contributed by atoms with Crippen LogP contribution in [0.25, 0.3) is 17.0 Å². The molecule has 0 fully saturated rings. The van der Waals surface area contributed by atoms with E-state index in [1.807, 2.05) is 0 Å². The smallest absolute Gasteiger partial charge is 0.412 e. The molecule has 124 valence electrons. The largest absolute Gasteiger partial charge is 0.444 e. The van der Waals surface area contributed by atoms with E-state index in [1.165, 1.54) is 10.7 Å². The van der Waals surface area contributed by atoms with Crippen LogP contribution in [-0.4, -0.2) is 31.3 Å². The van der Waals surface area contributed by atoms with Crippen LogP contribution in [0.2, 0.25) is 0 Å². The van der Waals surface area contributed by atoms with Crippen molar-refractivity contribution in [2.75, 3.05) is 5.32 Å². The fourth-order valence-corrected chi connectivity index (χ4v) is 2.05. The van der Waals surface area contributed by atoms with Crippen LogP contribution in [0.15, 0.2) is 36.7 Å². The summed E-state index contributed by atoms with van der Waals surface area (Å²) in [5.41, 5.74) is 0.584. The number of anilines is 1. The number of nitrogens with zero attached hydrogens (tertiary/aromatic N) is 4. The minimum atomic E-state index is -0.638. The van der Waals surface area contributed by atoms with Crippen molar-refractivity contribution in [3.8, 4) is 11.4 Å². The maximum atomic E-state index is 13.7. The van der Waals surface area contributed by atoms with Gasteiger partial charge in [0.1, 0.15) is 5.60 Å². The highest BCUT2D eigenvalue weighted by molar-refractivity contribution is 5.85. The highest BCUT2D eigenvalue weighted by Gasteiger charge is 2.17. The van der Waals surface area contributed by atoms with E-state index in [9.17, 15) is 9.18 Å². The van der Waals surface area contributed by atoms with Crippen molar-refractivity contribution in [2.24, 2.45) is 0 Å². The van der Waals surface area contributed by atoms with Crippen LogP contribution in [0.5, 0.6) is 0 Å². The van der Waals surface area contributed by atoms with Crippen LogP contribution < -0.4 is 5.32 Å². The van der Waals surface area contributed by atoms with E-state index in [0.717, 1.165) is 0 Å². The summed E-state index contributed by atoms with van der Waals surface area (Å²) >= 11 is 0. The molecule has 1 amide bonds. The molecule has 0 bridgehead atoms. The Morgan fingerprint density at radius 2 is 2.12 bits per heavy atom. The molecule has 0 aliphatic carbocycles. The molecule has 0 aliphatic rings. The Hall–Kier alpha value is -3.03. The molecule has 3 aromatic heterocycles. The van der Waals surface area contributed by atoms with Crippen molar-refractivity contribution >= 4 is 17.4 Å². The number of pyridine rings is 2. The molecule has 3 aromatic rings. The molecule has 0 spiro atoms. The number of hydrogen-bond donors (Lipinski definition) is 1. The number of nitrogens with one attached hydrogen (secondary N) is 1. The number of fused-ring (bicyclic) bond motifs is 1. The minimum Gasteiger partial charge on any atom is -0.444 e. The molecule has 0 saturated heterocycles. The summed E-state index contributed by atoms with van der Waals surface area (Å²) in [6.45, 7) is 5.34. The molecule has 0 atom stereocenters. The number of amides is 1. The van der Waals surface area contributed by atoms with E-state index in [4.69, 9.17) is 4.74 Å². The molecular formula is C16H16FN5O2. The molecule has 7 nitrogen and oxygen atoms in total. The molecule has 0 aromatic carbocycles. The lowest BCUT2D eigenvalue weighted by atomic mass is 10.2. The lowest BCUT2D eigenvalue weighted by Crippen LogP contribution is -2.27. The van der Waals surface area contributed by atoms with Gasteiger partial charge in [0.15, 0.2) is 11.5 Å². The van der Waals surface area contributed by atoms with Crippen molar-refractivity contribution < 1.29 is 13.9 Å². The number of hydrogen-bond acceptors (Lipinski definition) is 5. The molecule has 8 heteroatoms. The highest BCUT2D eigenvalue weighted by Crippen LogP contribution is 2.20. The molecule has 0 radical (unpaired) electrons. The first-order chi connectivity index (χ1) is 11.3. The maximum absolute atomic E-state index is 13.7. The number of aromatic nitrogens is 4. The van der Waals surface area contributed by atoms with Crippen molar-refractivity contribution in [3.05, 3.63) is 42.6 Å². The molecule has 0 saturated carbocycles. The summed E-state index contributed by atoms with van der Waals surface area (Å²) < 4.78 is 20.4. The zero-order chi connectivity index (χ0) is 17.3. The van der Waals surface area contributed by atoms with Crippen molar-refractivity contribution in [3.63, 3.8) is 0 Å². The first-order valence-corrected chi connectivity index (χ1v) is 7.29. The molecule has 3 rings (SSSR count). The Morgan fingerprint density at radius 3 is 2.83 bits per heavy atom. The van der Waals surface area contributed by atoms with Crippen LogP contribution in [0.4, 0.5) is 14.9 Å². The van der Waals surface area contributed by atoms with Crippen molar-refractivity contribution in [2.45, 2.75) is 26.4 Å². The van der Waals surface area contributed by atoms with Crippen LogP contribution in [-0.2, 0) is 4.74 Å². The third-order valence-corrected chi connectivity index (χ3v) is 2.98. The predicted molar refractivity (Wildman–Crippen MR) is 86.0 cm³/mol. The van der Waals surface area contributed by atoms with Gasteiger partial charge in [-0.15, -0.1) is 5.10 Å². The molecule has 24 heavy (non-hydrogen) atoms. The van der Waals surface area contributed by atoms with E-state index in [1.54, 1.807) is 51.2 Å². The summed E-state index contributed by atoms with van der Waals surface area (Å²) in [4.78, 5) is 19.7. The van der Waals surface area contributed by atoms with Gasteiger partial charge < -0.3 is 4.74 Å². The molecule has 3 heterocycles. The van der Waals surface area contributed by atoms with Gasteiger partial charge in [-0.1, -0.05) is 0 Å². The third kappa shape index (κ3) is 3.48. The Balaban J connectivity index is 1.87. The lowest BCUT2D eigenvalue weighted by molar-refractivity contribution is 0.0636. The Bertz CT molecular complexity index is 901. The average molecular weight is 329 g/mol. The first-order valence-electron chi connectivity index (χ1n) is 7.29. The van der Waals surface area contributed by atoms with E-state index in [2.05, 4.69) is 20.4 Å². The highest BCUT2D eigenvalue weighted by atomic mass is 19.1. The number of halogens is 1. The van der Waals surface area contributed by atoms with E-state index < -0.39 is 17.6 Å². The fourth-order valence-electron chi connectivity index (χ4n) is 2.05. The summed E-state index contributed by atoms with van der Waals surface area (Å²) in [5.74, 6) is -0.421. The summed E-state index contributed by atoms with van der Waals surface area (Å²) in [5, 5.41) is 6.83. The van der Waals surface area contributed by atoms with Gasteiger partial charge in [-0.2, -0.15) is 4.39 Å². The SMILES string of the molecule is CC(C)(C)OC(=O)Nc1ccn2nc(-c3cccnc3F)nc2c1. The second-order valence-electron chi connectivity index (χ2n) is 6.12. The zero-order valence-electron chi connectivity index (χ0n) is 13.4. The number of carbonyl (C=O) groups is 1. The Labute approximate surface area is 137 Å². The van der Waals surface area contributed by atoms with Crippen LogP contribution in [0.1, 0.15) is 20.8 Å². The molecule has 1 N–H and O–H groups in total. The van der Waals surface area contributed by atoms with Gasteiger partial charge in [0.05, 0.1) is 5.56 Å². The summed E-state index contributed by atoms with van der Waals surface area (Å²) in [6.07, 6.45) is 2.41. The van der Waals surface area contributed by atoms with Gasteiger partial charge in [-0.25, -0.2) is 19.3 Å². The quantitative estimate of drug-likeness (QED) is 0.730. The number of carbonyl (C=O) groups excluding carboxylic acids is 1. The van der Waals surface area contributed by atoms with Gasteiger partial charge in [0.2, 0.25) is 5.95 Å². The van der Waals surface area contributed by atoms with E-state index in [0.29, 0.717) is 11.3 Å². The Morgan fingerprint density at radius 1 is 1.33 bits per heavy atom. The van der Waals surface area contributed by atoms with Crippen LogP contribution in [0, 0.1) is 5.95 Å². The van der Waals surface area contributed by atoms with Gasteiger partial charge in [-0.05, 0) is 39.0 Å². The molecular weight excluding hydrogens is 313 g/mol.